The Balaban J connectivity index is 1.44. The highest BCUT2D eigenvalue weighted by molar-refractivity contribution is 7.91. The van der Waals surface area contributed by atoms with E-state index in [0.29, 0.717) is 43.1 Å². The third kappa shape index (κ3) is 5.09. The van der Waals surface area contributed by atoms with Gasteiger partial charge in [0.1, 0.15) is 9.96 Å². The third-order valence-electron chi connectivity index (χ3n) is 4.79. The summed E-state index contributed by atoms with van der Waals surface area (Å²) in [5.41, 5.74) is 1.01. The topological polar surface area (TPSA) is 75.7 Å². The van der Waals surface area contributed by atoms with Crippen LogP contribution in [-0.2, 0) is 21.4 Å². The van der Waals surface area contributed by atoms with Crippen molar-refractivity contribution < 1.29 is 17.9 Å². The molecule has 0 atom stereocenters. The lowest BCUT2D eigenvalue weighted by molar-refractivity contribution is -0.122. The summed E-state index contributed by atoms with van der Waals surface area (Å²) >= 11 is 1.24. The second-order valence-corrected chi connectivity index (χ2v) is 9.72. The summed E-state index contributed by atoms with van der Waals surface area (Å²) in [6, 6.07) is 11.0. The predicted molar refractivity (Wildman–Crippen MR) is 105 cm³/mol. The van der Waals surface area contributed by atoms with Crippen molar-refractivity contribution in [3.8, 4) is 5.75 Å². The maximum absolute atomic E-state index is 12.5. The molecule has 1 N–H and O–H groups in total. The van der Waals surface area contributed by atoms with Crippen LogP contribution in [0.25, 0.3) is 0 Å². The zero-order chi connectivity index (χ0) is 19.3. The number of hydrogen-bond acceptors (Lipinski definition) is 5. The first-order valence-electron chi connectivity index (χ1n) is 8.92. The van der Waals surface area contributed by atoms with E-state index in [1.54, 1.807) is 24.6 Å². The third-order valence-corrected chi connectivity index (χ3v) is 8.06. The lowest BCUT2D eigenvalue weighted by Gasteiger charge is -2.30. The molecule has 0 radical (unpaired) electrons. The minimum Gasteiger partial charge on any atom is -0.497 e. The van der Waals surface area contributed by atoms with Gasteiger partial charge < -0.3 is 10.1 Å². The molecule has 1 saturated heterocycles. The van der Waals surface area contributed by atoms with Crippen molar-refractivity contribution in [2.45, 2.75) is 30.0 Å². The fraction of sp³-hybridized carbons (Fsp3) is 0.421. The van der Waals surface area contributed by atoms with E-state index in [-0.39, 0.29) is 11.8 Å². The van der Waals surface area contributed by atoms with Gasteiger partial charge in [-0.1, -0.05) is 18.2 Å². The Labute approximate surface area is 164 Å². The summed E-state index contributed by atoms with van der Waals surface area (Å²) in [6.45, 7) is 1.42. The molecule has 1 fully saturated rings. The fourth-order valence-electron chi connectivity index (χ4n) is 3.17. The lowest BCUT2D eigenvalue weighted by Crippen LogP contribution is -2.39. The van der Waals surface area contributed by atoms with Gasteiger partial charge >= 0.3 is 0 Å². The fourth-order valence-corrected chi connectivity index (χ4v) is 5.78. The molecule has 8 heteroatoms. The highest BCUT2D eigenvalue weighted by Crippen LogP contribution is 2.27. The van der Waals surface area contributed by atoms with Gasteiger partial charge in [0.15, 0.2) is 0 Å². The van der Waals surface area contributed by atoms with Crippen molar-refractivity contribution in [2.75, 3.05) is 20.2 Å². The molecule has 1 aromatic heterocycles. The molecule has 3 rings (SSSR count). The number of amides is 1. The van der Waals surface area contributed by atoms with Crippen molar-refractivity contribution in [3.05, 3.63) is 47.3 Å². The molecule has 1 aliphatic heterocycles. The van der Waals surface area contributed by atoms with Crippen molar-refractivity contribution in [1.82, 2.24) is 9.62 Å². The summed E-state index contributed by atoms with van der Waals surface area (Å²) < 4.78 is 32.1. The van der Waals surface area contributed by atoms with Crippen LogP contribution < -0.4 is 10.1 Å². The van der Waals surface area contributed by atoms with Crippen LogP contribution in [0.2, 0.25) is 0 Å². The SMILES string of the molecule is COc1ccc(CNC(=O)CC2CCN(S(=O)(=O)c3cccs3)CC2)cc1. The Hall–Kier alpha value is -1.90. The van der Waals surface area contributed by atoms with Crippen molar-refractivity contribution in [1.29, 1.82) is 0 Å². The summed E-state index contributed by atoms with van der Waals surface area (Å²) in [7, 11) is -1.76. The summed E-state index contributed by atoms with van der Waals surface area (Å²) in [5, 5.41) is 4.71. The summed E-state index contributed by atoms with van der Waals surface area (Å²) in [6.07, 6.45) is 1.85. The molecule has 2 heterocycles. The first-order valence-corrected chi connectivity index (χ1v) is 11.2. The van der Waals surface area contributed by atoms with E-state index in [9.17, 15) is 13.2 Å². The van der Waals surface area contributed by atoms with Gasteiger partial charge in [0.25, 0.3) is 10.0 Å². The van der Waals surface area contributed by atoms with Gasteiger partial charge in [-0.3, -0.25) is 4.79 Å². The second-order valence-electron chi connectivity index (χ2n) is 6.61. The number of nitrogens with one attached hydrogen (secondary N) is 1. The normalized spacial score (nSPS) is 16.2. The van der Waals surface area contributed by atoms with Gasteiger partial charge in [0, 0.05) is 26.1 Å². The van der Waals surface area contributed by atoms with Crippen LogP contribution >= 0.6 is 11.3 Å². The van der Waals surface area contributed by atoms with Crippen LogP contribution in [0, 0.1) is 5.92 Å². The highest BCUT2D eigenvalue weighted by atomic mass is 32.2. The average molecular weight is 409 g/mol. The zero-order valence-corrected chi connectivity index (χ0v) is 16.9. The molecular weight excluding hydrogens is 384 g/mol. The smallest absolute Gasteiger partial charge is 0.252 e. The maximum Gasteiger partial charge on any atom is 0.252 e. The predicted octanol–water partition coefficient (Wildman–Crippen LogP) is 2.86. The maximum atomic E-state index is 12.5. The molecule has 0 unspecified atom stereocenters. The molecule has 6 nitrogen and oxygen atoms in total. The van der Waals surface area contributed by atoms with Crippen LogP contribution in [-0.4, -0.2) is 38.8 Å². The number of rotatable bonds is 7. The van der Waals surface area contributed by atoms with Crippen LogP contribution in [0.5, 0.6) is 5.75 Å². The number of methoxy groups -OCH3 is 1. The van der Waals surface area contributed by atoms with Gasteiger partial charge in [0.2, 0.25) is 5.91 Å². The van der Waals surface area contributed by atoms with Crippen molar-refractivity contribution in [2.24, 2.45) is 5.92 Å². The van der Waals surface area contributed by atoms with E-state index < -0.39 is 10.0 Å². The Morgan fingerprint density at radius 1 is 1.22 bits per heavy atom. The molecule has 1 aliphatic rings. The van der Waals surface area contributed by atoms with E-state index in [4.69, 9.17) is 4.74 Å². The number of carbonyl (C=O) groups is 1. The summed E-state index contributed by atoms with van der Waals surface area (Å²) in [4.78, 5) is 12.2. The molecule has 0 saturated carbocycles. The van der Waals surface area contributed by atoms with E-state index in [0.717, 1.165) is 11.3 Å². The van der Waals surface area contributed by atoms with E-state index in [2.05, 4.69) is 5.32 Å². The molecule has 2 aromatic rings. The molecule has 0 bridgehead atoms. The quantitative estimate of drug-likeness (QED) is 0.764. The van der Waals surface area contributed by atoms with Crippen LogP contribution in [0.15, 0.2) is 46.0 Å². The van der Waals surface area contributed by atoms with Crippen molar-refractivity contribution in [3.63, 3.8) is 0 Å². The molecule has 146 valence electrons. The first-order chi connectivity index (χ1) is 13.0. The van der Waals surface area contributed by atoms with Crippen LogP contribution in [0.4, 0.5) is 0 Å². The standard InChI is InChI=1S/C19H24N2O4S2/c1-25-17-6-4-16(5-7-17)14-20-18(22)13-15-8-10-21(11-9-15)27(23,24)19-3-2-12-26-19/h2-7,12,15H,8-11,13-14H2,1H3,(H,20,22). The Kier molecular flexibility index (Phi) is 6.51. The minimum atomic E-state index is -3.38. The number of thiophene rings is 1. The number of piperidine rings is 1. The number of ether oxygens (including phenoxy) is 1. The lowest BCUT2D eigenvalue weighted by atomic mass is 9.94. The van der Waals surface area contributed by atoms with E-state index in [1.807, 2.05) is 24.3 Å². The van der Waals surface area contributed by atoms with Gasteiger partial charge in [-0.15, -0.1) is 11.3 Å². The van der Waals surface area contributed by atoms with Gasteiger partial charge in [-0.05, 0) is 47.9 Å². The molecule has 1 amide bonds. The summed E-state index contributed by atoms with van der Waals surface area (Å²) in [5.74, 6) is 1.01. The highest BCUT2D eigenvalue weighted by Gasteiger charge is 2.30. The molecular formula is C19H24N2O4S2. The van der Waals surface area contributed by atoms with Gasteiger partial charge in [-0.2, -0.15) is 4.31 Å². The molecule has 1 aromatic carbocycles. The number of carbonyl (C=O) groups excluding carboxylic acids is 1. The Bertz CT molecular complexity index is 840. The van der Waals surface area contributed by atoms with Gasteiger partial charge in [-0.25, -0.2) is 8.42 Å². The Morgan fingerprint density at radius 3 is 2.52 bits per heavy atom. The molecule has 0 aliphatic carbocycles. The largest absolute Gasteiger partial charge is 0.497 e. The number of hydrogen-bond donors (Lipinski definition) is 1. The minimum absolute atomic E-state index is 0.00498. The Morgan fingerprint density at radius 2 is 1.93 bits per heavy atom. The number of nitrogens with zero attached hydrogens (tertiary/aromatic N) is 1. The second kappa shape index (κ2) is 8.86. The van der Waals surface area contributed by atoms with Gasteiger partial charge in [0.05, 0.1) is 7.11 Å². The monoisotopic (exact) mass is 408 g/mol. The van der Waals surface area contributed by atoms with E-state index in [1.165, 1.54) is 15.6 Å². The molecule has 0 spiro atoms. The zero-order valence-electron chi connectivity index (χ0n) is 15.3. The van der Waals surface area contributed by atoms with Crippen molar-refractivity contribution >= 4 is 27.3 Å². The van der Waals surface area contributed by atoms with Crippen LogP contribution in [0.3, 0.4) is 0 Å². The van der Waals surface area contributed by atoms with E-state index >= 15 is 0 Å². The average Bonchev–Trinajstić information content (AvgIpc) is 3.23. The first kappa shape index (κ1) is 19.9. The number of benzene rings is 1. The number of sulfonamides is 1. The molecule has 27 heavy (non-hydrogen) atoms. The van der Waals surface area contributed by atoms with Crippen LogP contribution in [0.1, 0.15) is 24.8 Å².